The largest absolute Gasteiger partial charge is 0.373 e. The number of rotatable bonds is 5. The summed E-state index contributed by atoms with van der Waals surface area (Å²) in [5.41, 5.74) is 0.454. The molecule has 36 heavy (non-hydrogen) atoms. The van der Waals surface area contributed by atoms with Crippen LogP contribution in [0.3, 0.4) is 0 Å². The Morgan fingerprint density at radius 2 is 1.89 bits per heavy atom. The van der Waals surface area contributed by atoms with Crippen LogP contribution in [0.25, 0.3) is 22.4 Å². The molecule has 2 aliphatic rings. The van der Waals surface area contributed by atoms with Gasteiger partial charge < -0.3 is 4.74 Å². The Hall–Kier alpha value is -3.47. The maximum absolute atomic E-state index is 14.8. The highest BCUT2D eigenvalue weighted by atomic mass is 19.3. The van der Waals surface area contributed by atoms with Crippen molar-refractivity contribution in [2.24, 2.45) is 0 Å². The SMILES string of the molecule is Cc1nc2nc(C3CCOC(c4cnn(C5CC5)c4)C3)nc(-c3ccc(F)cc3F)c2nc1C(F)F. The van der Waals surface area contributed by atoms with E-state index in [0.717, 1.165) is 30.5 Å². The summed E-state index contributed by atoms with van der Waals surface area (Å²) in [6, 6.07) is 3.48. The van der Waals surface area contributed by atoms with E-state index in [1.54, 1.807) is 0 Å². The molecular formula is C25H22F4N6O. The van der Waals surface area contributed by atoms with E-state index in [2.05, 4.69) is 25.0 Å². The van der Waals surface area contributed by atoms with Crippen LogP contribution in [0.2, 0.25) is 0 Å². The highest BCUT2D eigenvalue weighted by molar-refractivity contribution is 5.87. The van der Waals surface area contributed by atoms with Gasteiger partial charge in [-0.15, -0.1) is 0 Å². The smallest absolute Gasteiger partial charge is 0.282 e. The molecule has 2 atom stereocenters. The van der Waals surface area contributed by atoms with Crippen LogP contribution < -0.4 is 0 Å². The molecule has 186 valence electrons. The predicted molar refractivity (Wildman–Crippen MR) is 121 cm³/mol. The highest BCUT2D eigenvalue weighted by Gasteiger charge is 2.31. The van der Waals surface area contributed by atoms with E-state index in [1.807, 2.05) is 17.1 Å². The molecule has 0 radical (unpaired) electrons. The number of alkyl halides is 2. The van der Waals surface area contributed by atoms with Crippen LogP contribution in [0.5, 0.6) is 0 Å². The Labute approximate surface area is 203 Å². The first-order valence-electron chi connectivity index (χ1n) is 11.8. The van der Waals surface area contributed by atoms with Crippen LogP contribution in [0.15, 0.2) is 30.6 Å². The van der Waals surface area contributed by atoms with E-state index in [9.17, 15) is 17.6 Å². The molecule has 7 nitrogen and oxygen atoms in total. The Morgan fingerprint density at radius 1 is 1.06 bits per heavy atom. The Balaban J connectivity index is 1.43. The van der Waals surface area contributed by atoms with Gasteiger partial charge in [0.1, 0.15) is 34.4 Å². The van der Waals surface area contributed by atoms with Gasteiger partial charge in [0.2, 0.25) is 0 Å². The average molecular weight is 498 g/mol. The summed E-state index contributed by atoms with van der Waals surface area (Å²) in [4.78, 5) is 17.5. The van der Waals surface area contributed by atoms with Gasteiger partial charge in [-0.05, 0) is 44.7 Å². The topological polar surface area (TPSA) is 78.6 Å². The molecule has 0 spiro atoms. The zero-order valence-electron chi connectivity index (χ0n) is 19.3. The summed E-state index contributed by atoms with van der Waals surface area (Å²) >= 11 is 0. The number of aryl methyl sites for hydroxylation is 1. The van der Waals surface area contributed by atoms with E-state index in [0.29, 0.717) is 31.3 Å². The van der Waals surface area contributed by atoms with Crippen molar-refractivity contribution in [2.75, 3.05) is 6.61 Å². The molecular weight excluding hydrogens is 476 g/mol. The first kappa shape index (κ1) is 23.0. The van der Waals surface area contributed by atoms with Gasteiger partial charge in [0.25, 0.3) is 6.43 Å². The summed E-state index contributed by atoms with van der Waals surface area (Å²) in [6.07, 6.45) is 4.16. The molecule has 1 saturated carbocycles. The van der Waals surface area contributed by atoms with E-state index in [4.69, 9.17) is 4.74 Å². The fourth-order valence-corrected chi connectivity index (χ4v) is 4.64. The van der Waals surface area contributed by atoms with Crippen LogP contribution in [-0.4, -0.2) is 36.3 Å². The van der Waals surface area contributed by atoms with Crippen molar-refractivity contribution in [3.8, 4) is 11.3 Å². The number of ether oxygens (including phenoxy) is 1. The molecule has 11 heteroatoms. The third-order valence-corrected chi connectivity index (χ3v) is 6.72. The van der Waals surface area contributed by atoms with Gasteiger partial charge in [0.05, 0.1) is 24.0 Å². The minimum absolute atomic E-state index is 0.00601. The summed E-state index contributed by atoms with van der Waals surface area (Å²) in [5.74, 6) is -1.40. The fourth-order valence-electron chi connectivity index (χ4n) is 4.64. The number of hydrogen-bond donors (Lipinski definition) is 0. The third-order valence-electron chi connectivity index (χ3n) is 6.72. The molecule has 1 saturated heterocycles. The lowest BCUT2D eigenvalue weighted by Gasteiger charge is -2.28. The Morgan fingerprint density at radius 3 is 2.64 bits per heavy atom. The molecule has 0 bridgehead atoms. The summed E-state index contributed by atoms with van der Waals surface area (Å²) in [6.45, 7) is 1.89. The second-order valence-electron chi connectivity index (χ2n) is 9.29. The second-order valence-corrected chi connectivity index (χ2v) is 9.29. The summed E-state index contributed by atoms with van der Waals surface area (Å²) < 4.78 is 63.5. The van der Waals surface area contributed by atoms with Crippen molar-refractivity contribution < 1.29 is 22.3 Å². The molecule has 4 heterocycles. The quantitative estimate of drug-likeness (QED) is 0.325. The molecule has 1 aliphatic carbocycles. The van der Waals surface area contributed by atoms with Gasteiger partial charge in [0, 0.05) is 35.9 Å². The van der Waals surface area contributed by atoms with Crippen molar-refractivity contribution in [2.45, 2.75) is 57.1 Å². The second kappa shape index (κ2) is 8.88. The average Bonchev–Trinajstić information content (AvgIpc) is 3.59. The van der Waals surface area contributed by atoms with Crippen LogP contribution in [-0.2, 0) is 4.74 Å². The van der Waals surface area contributed by atoms with E-state index < -0.39 is 23.8 Å². The standard InChI is InChI=1S/C25H22F4N6O/c1-12-20(23(28)29)32-22-21(17-5-2-15(26)9-18(17)27)33-24(34-25(22)31-12)13-6-7-36-19(8-13)14-10-30-35(11-14)16-3-4-16/h2,5,9-11,13,16,19,23H,3-4,6-8H2,1H3. The summed E-state index contributed by atoms with van der Waals surface area (Å²) in [7, 11) is 0. The number of aromatic nitrogens is 6. The van der Waals surface area contributed by atoms with Crippen LogP contribution in [0, 0.1) is 18.6 Å². The van der Waals surface area contributed by atoms with E-state index in [1.165, 1.54) is 13.0 Å². The zero-order valence-corrected chi connectivity index (χ0v) is 19.3. The summed E-state index contributed by atoms with van der Waals surface area (Å²) in [5, 5.41) is 4.45. The van der Waals surface area contributed by atoms with Gasteiger partial charge in [-0.25, -0.2) is 37.5 Å². The molecule has 2 unspecified atom stereocenters. The monoisotopic (exact) mass is 498 g/mol. The first-order valence-corrected chi connectivity index (χ1v) is 11.8. The lowest BCUT2D eigenvalue weighted by molar-refractivity contribution is 0.00396. The number of nitrogens with zero attached hydrogens (tertiary/aromatic N) is 6. The van der Waals surface area contributed by atoms with Crippen LogP contribution in [0.1, 0.15) is 72.9 Å². The third kappa shape index (κ3) is 4.21. The minimum atomic E-state index is -2.87. The van der Waals surface area contributed by atoms with Crippen molar-refractivity contribution in [1.29, 1.82) is 0 Å². The van der Waals surface area contributed by atoms with Gasteiger partial charge in [-0.3, -0.25) is 4.68 Å². The molecule has 3 aromatic heterocycles. The van der Waals surface area contributed by atoms with Gasteiger partial charge >= 0.3 is 0 Å². The molecule has 1 aliphatic heterocycles. The first-order chi connectivity index (χ1) is 17.4. The lowest BCUT2D eigenvalue weighted by Crippen LogP contribution is -2.20. The van der Waals surface area contributed by atoms with E-state index in [-0.39, 0.29) is 40.1 Å². The predicted octanol–water partition coefficient (Wildman–Crippen LogP) is 5.78. The number of hydrogen-bond acceptors (Lipinski definition) is 6. The number of benzene rings is 1. The number of halogens is 4. The minimum Gasteiger partial charge on any atom is -0.373 e. The van der Waals surface area contributed by atoms with Crippen LogP contribution in [0.4, 0.5) is 17.6 Å². The van der Waals surface area contributed by atoms with Crippen molar-refractivity contribution in [3.63, 3.8) is 0 Å². The van der Waals surface area contributed by atoms with Crippen molar-refractivity contribution in [1.82, 2.24) is 29.7 Å². The Kier molecular flexibility index (Phi) is 5.66. The Bertz CT molecular complexity index is 1450. The zero-order chi connectivity index (χ0) is 25.0. The maximum Gasteiger partial charge on any atom is 0.282 e. The maximum atomic E-state index is 14.8. The van der Waals surface area contributed by atoms with Gasteiger partial charge in [0.15, 0.2) is 5.65 Å². The highest BCUT2D eigenvalue weighted by Crippen LogP contribution is 2.40. The molecule has 2 fully saturated rings. The molecule has 0 amide bonds. The lowest BCUT2D eigenvalue weighted by atomic mass is 9.92. The molecule has 1 aromatic carbocycles. The fraction of sp³-hybridized carbons (Fsp3) is 0.400. The van der Waals surface area contributed by atoms with Gasteiger partial charge in [-0.2, -0.15) is 5.10 Å². The normalized spacial score (nSPS) is 20.4. The van der Waals surface area contributed by atoms with Crippen molar-refractivity contribution in [3.05, 3.63) is 65.0 Å². The van der Waals surface area contributed by atoms with Crippen LogP contribution >= 0.6 is 0 Å². The van der Waals surface area contributed by atoms with Crippen molar-refractivity contribution >= 4 is 11.2 Å². The van der Waals surface area contributed by atoms with E-state index >= 15 is 0 Å². The number of fused-ring (bicyclic) bond motifs is 1. The molecule has 6 rings (SSSR count). The molecule has 4 aromatic rings. The van der Waals surface area contributed by atoms with Gasteiger partial charge in [-0.1, -0.05) is 0 Å². The molecule has 0 N–H and O–H groups in total.